The Hall–Kier alpha value is -2.18. The maximum Gasteiger partial charge on any atom is 0.318 e. The molecule has 0 bridgehead atoms. The van der Waals surface area contributed by atoms with Crippen LogP contribution in [0.2, 0.25) is 0 Å². The molecule has 0 atom stereocenters. The zero-order valence-electron chi connectivity index (χ0n) is 7.78. The third-order valence-corrected chi connectivity index (χ3v) is 1.63. The molecule has 0 spiro atoms. The van der Waals surface area contributed by atoms with Gasteiger partial charge in [-0.3, -0.25) is 10.1 Å². The van der Waals surface area contributed by atoms with Crippen LogP contribution in [0.3, 0.4) is 0 Å². The van der Waals surface area contributed by atoms with Gasteiger partial charge in [0, 0.05) is 18.8 Å². The molecule has 7 heteroatoms. The fourth-order valence-corrected chi connectivity index (χ4v) is 0.924. The zero-order chi connectivity index (χ0) is 11.4. The number of benzene rings is 1. The molecule has 0 aliphatic heterocycles. The predicted octanol–water partition coefficient (Wildman–Crippen LogP) is 1.49. The van der Waals surface area contributed by atoms with E-state index in [4.69, 9.17) is 0 Å². The highest BCUT2D eigenvalue weighted by Gasteiger charge is 2.14. The summed E-state index contributed by atoms with van der Waals surface area (Å²) in [5.41, 5.74) is -0.522. The van der Waals surface area contributed by atoms with Gasteiger partial charge in [-0.25, -0.2) is 4.79 Å². The number of carbonyl (C=O) groups is 1. The third-order valence-electron chi connectivity index (χ3n) is 1.63. The van der Waals surface area contributed by atoms with Crippen molar-refractivity contribution in [1.29, 1.82) is 0 Å². The van der Waals surface area contributed by atoms with Gasteiger partial charge in [0.2, 0.25) is 5.82 Å². The Labute approximate surface area is 84.2 Å². The van der Waals surface area contributed by atoms with Gasteiger partial charge in [-0.2, -0.15) is 4.39 Å². The number of nitrogens with zero attached hydrogens (tertiary/aromatic N) is 1. The summed E-state index contributed by atoms with van der Waals surface area (Å²) in [6.07, 6.45) is 0. The number of hydrogen-bond acceptors (Lipinski definition) is 3. The van der Waals surface area contributed by atoms with Gasteiger partial charge in [0.15, 0.2) is 0 Å². The molecule has 0 radical (unpaired) electrons. The lowest BCUT2D eigenvalue weighted by Gasteiger charge is -2.03. The molecule has 1 aromatic carbocycles. The summed E-state index contributed by atoms with van der Waals surface area (Å²) < 4.78 is 12.9. The van der Waals surface area contributed by atoms with Crippen molar-refractivity contribution >= 4 is 17.4 Å². The molecule has 6 nitrogen and oxygen atoms in total. The number of carbonyl (C=O) groups excluding carboxylic acids is 1. The van der Waals surface area contributed by atoms with Crippen molar-refractivity contribution in [2.24, 2.45) is 0 Å². The van der Waals surface area contributed by atoms with Crippen molar-refractivity contribution < 1.29 is 14.1 Å². The van der Waals surface area contributed by atoms with Gasteiger partial charge in [-0.15, -0.1) is 0 Å². The van der Waals surface area contributed by atoms with Gasteiger partial charge in [0.1, 0.15) is 0 Å². The summed E-state index contributed by atoms with van der Waals surface area (Å²) in [7, 11) is 1.40. The first-order valence-corrected chi connectivity index (χ1v) is 3.97. The lowest BCUT2D eigenvalue weighted by Crippen LogP contribution is -2.24. The SMILES string of the molecule is CNC(=O)Nc1ccc(F)c([N+](=O)[O-])c1. The average molecular weight is 213 g/mol. The van der Waals surface area contributed by atoms with Crippen LogP contribution in [0.1, 0.15) is 0 Å². The molecule has 2 amide bonds. The third kappa shape index (κ3) is 2.63. The molecule has 0 aliphatic carbocycles. The molecule has 2 N–H and O–H groups in total. The number of nitrogens with one attached hydrogen (secondary N) is 2. The molecule has 1 rings (SSSR count). The van der Waals surface area contributed by atoms with Crippen molar-refractivity contribution in [3.05, 3.63) is 34.1 Å². The smallest absolute Gasteiger partial charge is 0.318 e. The Morgan fingerprint density at radius 2 is 2.20 bits per heavy atom. The molecular weight excluding hydrogens is 205 g/mol. The van der Waals surface area contributed by atoms with Crippen molar-refractivity contribution in [2.75, 3.05) is 12.4 Å². The molecule has 0 heterocycles. The topological polar surface area (TPSA) is 84.3 Å². The Kier molecular flexibility index (Phi) is 3.17. The van der Waals surface area contributed by atoms with Crippen LogP contribution in [0.25, 0.3) is 0 Å². The Morgan fingerprint density at radius 3 is 2.73 bits per heavy atom. The summed E-state index contributed by atoms with van der Waals surface area (Å²) in [5.74, 6) is -0.942. The van der Waals surface area contributed by atoms with Crippen LogP contribution >= 0.6 is 0 Å². The second-order valence-corrected chi connectivity index (χ2v) is 2.63. The van der Waals surface area contributed by atoms with Crippen LogP contribution in [0.15, 0.2) is 18.2 Å². The van der Waals surface area contributed by atoms with Crippen LogP contribution in [0, 0.1) is 15.9 Å². The van der Waals surface area contributed by atoms with E-state index in [2.05, 4.69) is 10.6 Å². The van der Waals surface area contributed by atoms with E-state index in [-0.39, 0.29) is 5.69 Å². The van der Waals surface area contributed by atoms with E-state index in [0.717, 1.165) is 12.1 Å². The first kappa shape index (κ1) is 10.9. The first-order chi connectivity index (χ1) is 7.04. The lowest BCUT2D eigenvalue weighted by atomic mass is 10.2. The van der Waals surface area contributed by atoms with E-state index >= 15 is 0 Å². The largest absolute Gasteiger partial charge is 0.341 e. The number of urea groups is 1. The maximum absolute atomic E-state index is 12.9. The van der Waals surface area contributed by atoms with E-state index in [0.29, 0.717) is 0 Å². The number of nitro benzene ring substituents is 1. The number of amides is 2. The van der Waals surface area contributed by atoms with Gasteiger partial charge < -0.3 is 10.6 Å². The summed E-state index contributed by atoms with van der Waals surface area (Å²) >= 11 is 0. The Bertz CT molecular complexity index is 408. The summed E-state index contributed by atoms with van der Waals surface area (Å²) in [4.78, 5) is 20.4. The molecule has 0 fully saturated rings. The number of nitro groups is 1. The van der Waals surface area contributed by atoms with Gasteiger partial charge in [0.25, 0.3) is 0 Å². The number of anilines is 1. The first-order valence-electron chi connectivity index (χ1n) is 3.97. The molecule has 0 saturated heterocycles. The Balaban J connectivity index is 2.97. The predicted molar refractivity (Wildman–Crippen MR) is 51.1 cm³/mol. The van der Waals surface area contributed by atoms with Crippen molar-refractivity contribution in [1.82, 2.24) is 5.32 Å². The van der Waals surface area contributed by atoms with Crippen LogP contribution < -0.4 is 10.6 Å². The molecule has 80 valence electrons. The monoisotopic (exact) mass is 213 g/mol. The minimum Gasteiger partial charge on any atom is -0.341 e. The highest BCUT2D eigenvalue weighted by Crippen LogP contribution is 2.21. The van der Waals surface area contributed by atoms with Gasteiger partial charge in [-0.1, -0.05) is 0 Å². The van der Waals surface area contributed by atoms with Gasteiger partial charge in [-0.05, 0) is 12.1 Å². The summed E-state index contributed by atoms with van der Waals surface area (Å²) in [6.45, 7) is 0. The molecule has 1 aromatic rings. The molecule has 0 aliphatic rings. The standard InChI is InChI=1S/C8H8FN3O3/c1-10-8(13)11-5-2-3-6(9)7(4-5)12(14)15/h2-4H,1H3,(H2,10,11,13). The zero-order valence-corrected chi connectivity index (χ0v) is 7.78. The highest BCUT2D eigenvalue weighted by molar-refractivity contribution is 5.89. The van der Waals surface area contributed by atoms with E-state index in [1.165, 1.54) is 13.1 Å². The second-order valence-electron chi connectivity index (χ2n) is 2.63. The van der Waals surface area contributed by atoms with Crippen molar-refractivity contribution in [3.63, 3.8) is 0 Å². The number of rotatable bonds is 2. The van der Waals surface area contributed by atoms with E-state index < -0.39 is 22.5 Å². The fraction of sp³-hybridized carbons (Fsp3) is 0.125. The Morgan fingerprint density at radius 1 is 1.53 bits per heavy atom. The van der Waals surface area contributed by atoms with Crippen molar-refractivity contribution in [2.45, 2.75) is 0 Å². The fourth-order valence-electron chi connectivity index (χ4n) is 0.924. The highest BCUT2D eigenvalue weighted by atomic mass is 19.1. The van der Waals surface area contributed by atoms with E-state index in [9.17, 15) is 19.3 Å². The number of hydrogen-bond donors (Lipinski definition) is 2. The molecule has 0 aromatic heterocycles. The lowest BCUT2D eigenvalue weighted by molar-refractivity contribution is -0.387. The minimum atomic E-state index is -0.942. The van der Waals surface area contributed by atoms with Crippen LogP contribution in [-0.2, 0) is 0 Å². The molecular formula is C8H8FN3O3. The van der Waals surface area contributed by atoms with E-state index in [1.54, 1.807) is 0 Å². The van der Waals surface area contributed by atoms with Gasteiger partial charge >= 0.3 is 11.7 Å². The maximum atomic E-state index is 12.9. The number of halogens is 1. The van der Waals surface area contributed by atoms with Crippen LogP contribution in [0.4, 0.5) is 20.6 Å². The van der Waals surface area contributed by atoms with Gasteiger partial charge in [0.05, 0.1) is 4.92 Å². The normalized spacial score (nSPS) is 9.47. The van der Waals surface area contributed by atoms with E-state index in [1.807, 2.05) is 0 Å². The quantitative estimate of drug-likeness (QED) is 0.576. The molecule has 0 saturated carbocycles. The van der Waals surface area contributed by atoms with Crippen LogP contribution in [0.5, 0.6) is 0 Å². The van der Waals surface area contributed by atoms with Crippen molar-refractivity contribution in [3.8, 4) is 0 Å². The molecule has 0 unspecified atom stereocenters. The summed E-state index contributed by atoms with van der Waals surface area (Å²) in [6, 6.07) is 2.57. The summed E-state index contributed by atoms with van der Waals surface area (Å²) in [5, 5.41) is 14.9. The second kappa shape index (κ2) is 4.36. The molecule has 15 heavy (non-hydrogen) atoms. The average Bonchev–Trinajstić information content (AvgIpc) is 2.20. The van der Waals surface area contributed by atoms with Crippen LogP contribution in [-0.4, -0.2) is 18.0 Å². The minimum absolute atomic E-state index is 0.155.